The highest BCUT2D eigenvalue weighted by Gasteiger charge is 2.12. The summed E-state index contributed by atoms with van der Waals surface area (Å²) in [4.78, 5) is 27.3. The van der Waals surface area contributed by atoms with E-state index in [1.807, 2.05) is 30.5 Å². The van der Waals surface area contributed by atoms with Crippen molar-refractivity contribution in [2.24, 2.45) is 0 Å². The van der Waals surface area contributed by atoms with E-state index in [-0.39, 0.29) is 11.6 Å². The lowest BCUT2D eigenvalue weighted by molar-refractivity contribution is -0.384. The second kappa shape index (κ2) is 8.79. The lowest BCUT2D eigenvalue weighted by Gasteiger charge is -2.10. The summed E-state index contributed by atoms with van der Waals surface area (Å²) in [5.74, 6) is 0.494. The van der Waals surface area contributed by atoms with Crippen LogP contribution in [0.3, 0.4) is 0 Å². The van der Waals surface area contributed by atoms with Crippen LogP contribution in [0.5, 0.6) is 0 Å². The largest absolute Gasteiger partial charge is 0.348 e. The van der Waals surface area contributed by atoms with E-state index in [0.29, 0.717) is 17.9 Å². The van der Waals surface area contributed by atoms with Crippen molar-refractivity contribution in [3.8, 4) is 0 Å². The normalized spacial score (nSPS) is 10.6. The molecule has 3 aromatic rings. The number of non-ortho nitro benzene ring substituents is 1. The summed E-state index contributed by atoms with van der Waals surface area (Å²) in [6, 6.07) is 13.6. The minimum absolute atomic E-state index is 0.0323. The number of aromatic nitrogens is 1. The van der Waals surface area contributed by atoms with Crippen LogP contribution in [-0.2, 0) is 12.3 Å². The lowest BCUT2D eigenvalue weighted by atomic mass is 10.1. The number of hydrogen-bond donors (Lipinski definition) is 1. The molecule has 0 fully saturated rings. The van der Waals surface area contributed by atoms with Gasteiger partial charge in [-0.1, -0.05) is 42.1 Å². The topological polar surface area (TPSA) is 85.1 Å². The van der Waals surface area contributed by atoms with Crippen molar-refractivity contribution >= 4 is 34.7 Å². The van der Waals surface area contributed by atoms with Gasteiger partial charge in [0.1, 0.15) is 4.34 Å². The number of thioether (sulfide) groups is 1. The Morgan fingerprint density at radius 1 is 1.22 bits per heavy atom. The van der Waals surface area contributed by atoms with Gasteiger partial charge < -0.3 is 5.32 Å². The zero-order valence-corrected chi connectivity index (χ0v) is 16.2. The van der Waals surface area contributed by atoms with Crippen molar-refractivity contribution in [3.63, 3.8) is 0 Å². The lowest BCUT2D eigenvalue weighted by Crippen LogP contribution is -2.23. The number of carbonyl (C=O) groups is 1. The van der Waals surface area contributed by atoms with Crippen LogP contribution in [0.1, 0.15) is 27.2 Å². The van der Waals surface area contributed by atoms with Crippen LogP contribution in [0, 0.1) is 17.0 Å². The van der Waals surface area contributed by atoms with E-state index >= 15 is 0 Å². The van der Waals surface area contributed by atoms with Gasteiger partial charge in [-0.05, 0) is 24.1 Å². The Balaban J connectivity index is 1.63. The molecule has 0 radical (unpaired) electrons. The molecule has 1 N–H and O–H groups in total. The molecule has 3 rings (SSSR count). The standard InChI is InChI=1S/C19H17N3O3S2/c1-13-11-26-19(21-13)27-12-15-4-2-3-5-17(15)18(23)20-10-14-6-8-16(9-7-14)22(24)25/h2-9,11H,10,12H2,1H3,(H,20,23). The molecule has 0 spiro atoms. The van der Waals surface area contributed by atoms with Crippen LogP contribution < -0.4 is 5.32 Å². The number of thiazole rings is 1. The highest BCUT2D eigenvalue weighted by Crippen LogP contribution is 2.27. The Labute approximate surface area is 164 Å². The molecule has 0 unspecified atom stereocenters. The maximum atomic E-state index is 12.6. The fraction of sp³-hybridized carbons (Fsp3) is 0.158. The van der Waals surface area contributed by atoms with E-state index in [0.717, 1.165) is 21.2 Å². The Morgan fingerprint density at radius 2 is 1.96 bits per heavy atom. The molecule has 0 aliphatic rings. The number of nitrogens with one attached hydrogen (secondary N) is 1. The van der Waals surface area contributed by atoms with Gasteiger partial charge in [-0.3, -0.25) is 14.9 Å². The van der Waals surface area contributed by atoms with Crippen LogP contribution >= 0.6 is 23.1 Å². The SMILES string of the molecule is Cc1csc(SCc2ccccc2C(=O)NCc2ccc([N+](=O)[O-])cc2)n1. The molecule has 27 heavy (non-hydrogen) atoms. The monoisotopic (exact) mass is 399 g/mol. The first-order valence-electron chi connectivity index (χ1n) is 8.17. The molecule has 138 valence electrons. The Morgan fingerprint density at radius 3 is 2.63 bits per heavy atom. The molecule has 6 nitrogen and oxygen atoms in total. The zero-order valence-electron chi connectivity index (χ0n) is 14.5. The number of carbonyl (C=O) groups excluding carboxylic acids is 1. The van der Waals surface area contributed by atoms with Crippen LogP contribution in [0.25, 0.3) is 0 Å². The summed E-state index contributed by atoms with van der Waals surface area (Å²) in [5.41, 5.74) is 3.40. The molecule has 0 saturated carbocycles. The van der Waals surface area contributed by atoms with Gasteiger partial charge in [-0.15, -0.1) is 11.3 Å². The summed E-state index contributed by atoms with van der Waals surface area (Å²) in [5, 5.41) is 15.6. The first-order valence-corrected chi connectivity index (χ1v) is 10.0. The predicted molar refractivity (Wildman–Crippen MR) is 107 cm³/mol. The maximum absolute atomic E-state index is 12.6. The van der Waals surface area contributed by atoms with E-state index < -0.39 is 4.92 Å². The van der Waals surface area contributed by atoms with E-state index in [1.165, 1.54) is 12.1 Å². The van der Waals surface area contributed by atoms with Crippen molar-refractivity contribution < 1.29 is 9.72 Å². The minimum Gasteiger partial charge on any atom is -0.348 e. The van der Waals surface area contributed by atoms with Gasteiger partial charge >= 0.3 is 0 Å². The number of benzene rings is 2. The number of rotatable bonds is 7. The second-order valence-corrected chi connectivity index (χ2v) is 7.89. The highest BCUT2D eigenvalue weighted by molar-refractivity contribution is 8.00. The molecular weight excluding hydrogens is 382 g/mol. The van der Waals surface area contributed by atoms with Gasteiger partial charge in [0.2, 0.25) is 0 Å². The van der Waals surface area contributed by atoms with Crippen molar-refractivity contribution in [1.82, 2.24) is 10.3 Å². The number of nitro groups is 1. The molecule has 1 heterocycles. The van der Waals surface area contributed by atoms with Crippen LogP contribution in [0.2, 0.25) is 0 Å². The summed E-state index contributed by atoms with van der Waals surface area (Å²) in [7, 11) is 0. The second-order valence-electron chi connectivity index (χ2n) is 5.81. The van der Waals surface area contributed by atoms with Gasteiger partial charge in [0.15, 0.2) is 0 Å². The maximum Gasteiger partial charge on any atom is 0.269 e. The van der Waals surface area contributed by atoms with Crippen LogP contribution in [-0.4, -0.2) is 15.8 Å². The summed E-state index contributed by atoms with van der Waals surface area (Å²) < 4.78 is 0.980. The van der Waals surface area contributed by atoms with Gasteiger partial charge in [0.25, 0.3) is 11.6 Å². The van der Waals surface area contributed by atoms with Gasteiger partial charge in [-0.2, -0.15) is 0 Å². The molecule has 0 aliphatic carbocycles. The molecule has 8 heteroatoms. The van der Waals surface area contributed by atoms with Crippen molar-refractivity contribution in [1.29, 1.82) is 0 Å². The number of hydrogen-bond acceptors (Lipinski definition) is 6. The minimum atomic E-state index is -0.444. The Bertz CT molecular complexity index is 955. The number of aryl methyl sites for hydroxylation is 1. The van der Waals surface area contributed by atoms with Crippen molar-refractivity contribution in [3.05, 3.63) is 86.4 Å². The average molecular weight is 399 g/mol. The summed E-state index contributed by atoms with van der Waals surface area (Å²) >= 11 is 3.21. The van der Waals surface area contributed by atoms with Crippen LogP contribution in [0.15, 0.2) is 58.3 Å². The first kappa shape index (κ1) is 19.1. The van der Waals surface area contributed by atoms with Gasteiger partial charge in [0, 0.05) is 41.1 Å². The Hall–Kier alpha value is -2.71. The van der Waals surface area contributed by atoms with Gasteiger partial charge in [0.05, 0.1) is 4.92 Å². The molecule has 0 bridgehead atoms. The third kappa shape index (κ3) is 5.15. The number of amides is 1. The van der Waals surface area contributed by atoms with Crippen molar-refractivity contribution in [2.75, 3.05) is 0 Å². The highest BCUT2D eigenvalue weighted by atomic mass is 32.2. The zero-order chi connectivity index (χ0) is 19.2. The quantitative estimate of drug-likeness (QED) is 0.357. The molecule has 1 amide bonds. The molecule has 0 saturated heterocycles. The summed E-state index contributed by atoms with van der Waals surface area (Å²) in [6.07, 6.45) is 0. The molecule has 1 aromatic heterocycles. The fourth-order valence-corrected chi connectivity index (χ4v) is 4.27. The number of nitro benzene ring substituents is 1. The molecule has 0 aliphatic heterocycles. The molecule has 2 aromatic carbocycles. The van der Waals surface area contributed by atoms with E-state index in [4.69, 9.17) is 0 Å². The Kier molecular flexibility index (Phi) is 6.20. The average Bonchev–Trinajstić information content (AvgIpc) is 3.10. The molecular formula is C19H17N3O3S2. The first-order chi connectivity index (χ1) is 13.0. The van der Waals surface area contributed by atoms with Crippen LogP contribution in [0.4, 0.5) is 5.69 Å². The van der Waals surface area contributed by atoms with E-state index in [2.05, 4.69) is 10.3 Å². The van der Waals surface area contributed by atoms with Crippen molar-refractivity contribution in [2.45, 2.75) is 23.6 Å². The third-order valence-corrected chi connectivity index (χ3v) is 6.00. The van der Waals surface area contributed by atoms with E-state index in [9.17, 15) is 14.9 Å². The predicted octanol–water partition coefficient (Wildman–Crippen LogP) is 4.58. The third-order valence-electron chi connectivity index (χ3n) is 3.81. The number of nitrogens with zero attached hydrogens (tertiary/aromatic N) is 2. The smallest absolute Gasteiger partial charge is 0.269 e. The van der Waals surface area contributed by atoms with Gasteiger partial charge in [-0.25, -0.2) is 4.98 Å². The molecule has 0 atom stereocenters. The summed E-state index contributed by atoms with van der Waals surface area (Å²) in [6.45, 7) is 2.27. The fourth-order valence-electron chi connectivity index (χ4n) is 2.42. The van der Waals surface area contributed by atoms with E-state index in [1.54, 1.807) is 41.3 Å².